The zero-order valence-corrected chi connectivity index (χ0v) is 12.0. The van der Waals surface area contributed by atoms with Crippen LogP contribution in [0.4, 0.5) is 0 Å². The first kappa shape index (κ1) is 13.3. The second-order valence-electron chi connectivity index (χ2n) is 5.14. The van der Waals surface area contributed by atoms with E-state index in [2.05, 4.69) is 28.7 Å². The van der Waals surface area contributed by atoms with Gasteiger partial charge in [0.15, 0.2) is 5.96 Å². The smallest absolute Gasteiger partial charge is 0.191 e. The van der Waals surface area contributed by atoms with Crippen LogP contribution in [0, 0.1) is 5.92 Å². The van der Waals surface area contributed by atoms with Gasteiger partial charge in [-0.25, -0.2) is 4.98 Å². The van der Waals surface area contributed by atoms with Gasteiger partial charge in [-0.1, -0.05) is 13.8 Å². The molecule has 2 heterocycles. The second kappa shape index (κ2) is 6.18. The lowest BCUT2D eigenvalue weighted by Gasteiger charge is -2.31. The summed E-state index contributed by atoms with van der Waals surface area (Å²) in [6, 6.07) is 0. The van der Waals surface area contributed by atoms with Crippen molar-refractivity contribution < 1.29 is 0 Å². The van der Waals surface area contributed by atoms with Crippen LogP contribution >= 0.6 is 11.3 Å². The number of hydrogen-bond donors (Lipinski definition) is 1. The summed E-state index contributed by atoms with van der Waals surface area (Å²) in [6.45, 7) is 7.26. The van der Waals surface area contributed by atoms with E-state index in [1.807, 2.05) is 11.6 Å². The Morgan fingerprint density at radius 2 is 2.33 bits per heavy atom. The Labute approximate surface area is 113 Å². The average molecular weight is 266 g/mol. The van der Waals surface area contributed by atoms with E-state index in [-0.39, 0.29) is 0 Å². The summed E-state index contributed by atoms with van der Waals surface area (Å²) in [7, 11) is 0. The van der Waals surface area contributed by atoms with Crippen LogP contribution < -0.4 is 5.73 Å². The van der Waals surface area contributed by atoms with E-state index in [1.165, 1.54) is 12.8 Å². The Bertz CT molecular complexity index is 380. The highest BCUT2D eigenvalue weighted by Crippen LogP contribution is 2.18. The first-order valence-electron chi connectivity index (χ1n) is 6.61. The molecule has 0 aliphatic carbocycles. The van der Waals surface area contributed by atoms with Crippen molar-refractivity contribution in [2.75, 3.05) is 19.6 Å². The van der Waals surface area contributed by atoms with Gasteiger partial charge in [0, 0.05) is 30.6 Å². The number of hydrogen-bond acceptors (Lipinski definition) is 3. The fourth-order valence-electron chi connectivity index (χ4n) is 2.12. The molecule has 0 bridgehead atoms. The van der Waals surface area contributed by atoms with E-state index >= 15 is 0 Å². The molecule has 0 saturated carbocycles. The maximum atomic E-state index is 6.05. The number of guanidine groups is 1. The summed E-state index contributed by atoms with van der Waals surface area (Å²) in [6.07, 6.45) is 4.28. The average Bonchev–Trinajstić information content (AvgIpc) is 2.90. The van der Waals surface area contributed by atoms with E-state index in [1.54, 1.807) is 11.3 Å². The molecular weight excluding hydrogens is 244 g/mol. The van der Waals surface area contributed by atoms with Crippen LogP contribution in [-0.2, 0) is 0 Å². The molecule has 0 radical (unpaired) electrons. The minimum atomic E-state index is 0.354. The predicted molar refractivity (Wildman–Crippen MR) is 77.0 cm³/mol. The lowest BCUT2D eigenvalue weighted by atomic mass is 10.00. The van der Waals surface area contributed by atoms with Gasteiger partial charge in [0.05, 0.1) is 11.6 Å². The predicted octanol–water partition coefficient (Wildman–Crippen LogP) is 2.29. The maximum Gasteiger partial charge on any atom is 0.191 e. The monoisotopic (exact) mass is 266 g/mol. The van der Waals surface area contributed by atoms with Crippen LogP contribution in [0.15, 0.2) is 16.6 Å². The van der Waals surface area contributed by atoms with Crippen molar-refractivity contribution in [1.82, 2.24) is 9.88 Å². The zero-order valence-electron chi connectivity index (χ0n) is 11.2. The van der Waals surface area contributed by atoms with Crippen molar-refractivity contribution in [3.8, 4) is 0 Å². The zero-order chi connectivity index (χ0) is 13.0. The molecule has 5 heteroatoms. The Morgan fingerprint density at radius 3 is 2.94 bits per heavy atom. The van der Waals surface area contributed by atoms with Crippen LogP contribution in [0.5, 0.6) is 0 Å². The highest BCUT2D eigenvalue weighted by molar-refractivity contribution is 7.09. The van der Waals surface area contributed by atoms with Gasteiger partial charge in [-0.3, -0.25) is 4.99 Å². The van der Waals surface area contributed by atoms with Crippen LogP contribution in [0.3, 0.4) is 0 Å². The van der Waals surface area contributed by atoms with E-state index in [9.17, 15) is 0 Å². The number of piperidine rings is 1. The number of rotatable bonds is 3. The Hall–Kier alpha value is -1.10. The number of thiazole rings is 1. The van der Waals surface area contributed by atoms with Gasteiger partial charge in [0.25, 0.3) is 0 Å². The molecule has 0 aromatic carbocycles. The second-order valence-corrected chi connectivity index (χ2v) is 6.07. The van der Waals surface area contributed by atoms with Gasteiger partial charge in [-0.2, -0.15) is 0 Å². The quantitative estimate of drug-likeness (QED) is 0.674. The standard InChI is InChI=1S/C13H22N4S/c1-10-3-6-17(7-4-10)13(14)16-9-11(2)12-15-5-8-18-12/h5,8,10-11H,3-4,6-7,9H2,1-2H3,(H2,14,16). The Balaban J connectivity index is 1.85. The van der Waals surface area contributed by atoms with Gasteiger partial charge < -0.3 is 10.6 Å². The molecule has 1 atom stereocenters. The summed E-state index contributed by atoms with van der Waals surface area (Å²) < 4.78 is 0. The molecular formula is C13H22N4S. The molecule has 1 aliphatic rings. The van der Waals surface area contributed by atoms with Gasteiger partial charge >= 0.3 is 0 Å². The van der Waals surface area contributed by atoms with Crippen molar-refractivity contribution in [3.63, 3.8) is 0 Å². The Kier molecular flexibility index (Phi) is 4.58. The van der Waals surface area contributed by atoms with Crippen molar-refractivity contribution >= 4 is 17.3 Å². The third-order valence-electron chi connectivity index (χ3n) is 3.51. The summed E-state index contributed by atoms with van der Waals surface area (Å²) >= 11 is 1.68. The molecule has 1 fully saturated rings. The van der Waals surface area contributed by atoms with Crippen LogP contribution in [0.2, 0.25) is 0 Å². The van der Waals surface area contributed by atoms with Gasteiger partial charge in [0.2, 0.25) is 0 Å². The number of aliphatic imine (C=N–C) groups is 1. The van der Waals surface area contributed by atoms with Crippen molar-refractivity contribution in [2.45, 2.75) is 32.6 Å². The lowest BCUT2D eigenvalue weighted by molar-refractivity contribution is 0.277. The molecule has 1 aromatic heterocycles. The highest BCUT2D eigenvalue weighted by Gasteiger charge is 2.17. The van der Waals surface area contributed by atoms with E-state index in [4.69, 9.17) is 5.73 Å². The minimum absolute atomic E-state index is 0.354. The minimum Gasteiger partial charge on any atom is -0.370 e. The summed E-state index contributed by atoms with van der Waals surface area (Å²) in [4.78, 5) is 11.0. The van der Waals surface area contributed by atoms with Gasteiger partial charge in [0.1, 0.15) is 0 Å². The van der Waals surface area contributed by atoms with Crippen molar-refractivity contribution in [1.29, 1.82) is 0 Å². The molecule has 1 aliphatic heterocycles. The summed E-state index contributed by atoms with van der Waals surface area (Å²) in [5.74, 6) is 1.88. The lowest BCUT2D eigenvalue weighted by Crippen LogP contribution is -2.42. The molecule has 100 valence electrons. The first-order chi connectivity index (χ1) is 8.66. The maximum absolute atomic E-state index is 6.05. The first-order valence-corrected chi connectivity index (χ1v) is 7.49. The number of nitrogens with two attached hydrogens (primary N) is 1. The van der Waals surface area contributed by atoms with Crippen LogP contribution in [-0.4, -0.2) is 35.5 Å². The normalized spacial score (nSPS) is 20.1. The molecule has 1 unspecified atom stereocenters. The highest BCUT2D eigenvalue weighted by atomic mass is 32.1. The number of aromatic nitrogens is 1. The fourth-order valence-corrected chi connectivity index (χ4v) is 2.81. The largest absolute Gasteiger partial charge is 0.370 e. The third-order valence-corrected chi connectivity index (χ3v) is 4.51. The number of likely N-dealkylation sites (tertiary alicyclic amines) is 1. The Morgan fingerprint density at radius 1 is 1.61 bits per heavy atom. The van der Waals surface area contributed by atoms with E-state index in [0.717, 1.165) is 30.6 Å². The molecule has 2 rings (SSSR count). The van der Waals surface area contributed by atoms with Gasteiger partial charge in [-0.05, 0) is 18.8 Å². The van der Waals surface area contributed by atoms with Gasteiger partial charge in [-0.15, -0.1) is 11.3 Å². The molecule has 4 nitrogen and oxygen atoms in total. The van der Waals surface area contributed by atoms with Crippen molar-refractivity contribution in [2.24, 2.45) is 16.6 Å². The molecule has 0 spiro atoms. The molecule has 1 saturated heterocycles. The van der Waals surface area contributed by atoms with E-state index in [0.29, 0.717) is 11.9 Å². The van der Waals surface area contributed by atoms with Crippen molar-refractivity contribution in [3.05, 3.63) is 16.6 Å². The van der Waals surface area contributed by atoms with Crippen LogP contribution in [0.25, 0.3) is 0 Å². The molecule has 18 heavy (non-hydrogen) atoms. The number of nitrogens with zero attached hydrogens (tertiary/aromatic N) is 3. The van der Waals surface area contributed by atoms with E-state index < -0.39 is 0 Å². The summed E-state index contributed by atoms with van der Waals surface area (Å²) in [5.41, 5.74) is 6.05. The SMILES string of the molecule is CC1CCN(C(N)=NCC(C)c2nccs2)CC1. The summed E-state index contributed by atoms with van der Waals surface area (Å²) in [5, 5.41) is 3.14. The third kappa shape index (κ3) is 3.45. The fraction of sp³-hybridized carbons (Fsp3) is 0.692. The van der Waals surface area contributed by atoms with Crippen LogP contribution in [0.1, 0.15) is 37.6 Å². The molecule has 0 amide bonds. The molecule has 2 N–H and O–H groups in total. The molecule has 1 aromatic rings. The topological polar surface area (TPSA) is 54.5 Å².